The van der Waals surface area contributed by atoms with Gasteiger partial charge in [-0.25, -0.2) is 0 Å². The summed E-state index contributed by atoms with van der Waals surface area (Å²) in [6.45, 7) is 1.42. The van der Waals surface area contributed by atoms with Crippen molar-refractivity contribution in [3.8, 4) is 0 Å². The number of rotatable bonds is 3. The molecular formula is C4H8N2S4Zn. The monoisotopic (exact) mass is 276 g/mol. The van der Waals surface area contributed by atoms with E-state index in [2.05, 4.69) is 60.3 Å². The third-order valence-electron chi connectivity index (χ3n) is 0.677. The molecule has 0 bridgehead atoms. The summed E-state index contributed by atoms with van der Waals surface area (Å²) in [6.07, 6.45) is 0. The van der Waals surface area contributed by atoms with Crippen LogP contribution >= 0.6 is 24.8 Å². The van der Waals surface area contributed by atoms with Crippen LogP contribution in [-0.2, 0) is 44.3 Å². The molecule has 0 aromatic carbocycles. The number of thiol groups is 2. The Hall–Kier alpha value is 1.26. The summed E-state index contributed by atoms with van der Waals surface area (Å²) in [5.41, 5.74) is 0. The minimum atomic E-state index is 0. The first-order valence-electron chi connectivity index (χ1n) is 2.56. The van der Waals surface area contributed by atoms with Crippen molar-refractivity contribution in [1.29, 1.82) is 0 Å². The van der Waals surface area contributed by atoms with Crippen LogP contribution in [0.5, 0.6) is 0 Å². The van der Waals surface area contributed by atoms with Gasteiger partial charge in [-0.1, -0.05) is 12.2 Å². The number of hydrogen-bond acceptors (Lipinski definition) is 2. The molecule has 7 heteroatoms. The Labute approximate surface area is 101 Å². The topological polar surface area (TPSA) is 24.1 Å². The molecule has 11 heavy (non-hydrogen) atoms. The Bertz CT molecular complexity index is 124. The largest absolute Gasteiger partial charge is 0.680 e. The first-order chi connectivity index (χ1) is 4.63. The average Bonchev–Trinajstić information content (AvgIpc) is 1.79. The zero-order chi connectivity index (χ0) is 7.98. The molecule has 0 aliphatic heterocycles. The van der Waals surface area contributed by atoms with Crippen molar-refractivity contribution in [2.24, 2.45) is 0 Å². The molecule has 0 heterocycles. The second kappa shape index (κ2) is 9.35. The number of thiocarbonyl (C=S) groups is 1. The minimum Gasteiger partial charge on any atom is -0.680 e. The molecule has 0 aromatic rings. The number of nitrogens with one attached hydrogen (secondary N) is 2. The van der Waals surface area contributed by atoms with Gasteiger partial charge in [-0.3, -0.25) is 5.32 Å². The molecule has 0 radical (unpaired) electrons. The summed E-state index contributed by atoms with van der Waals surface area (Å²) < 4.78 is 0.985. The predicted octanol–water partition coefficient (Wildman–Crippen LogP) is -0.709. The molecule has 0 aliphatic rings. The summed E-state index contributed by atoms with van der Waals surface area (Å²) in [6, 6.07) is 0. The molecular weight excluding hydrogens is 270 g/mol. The normalized spacial score (nSPS) is 8.18. The van der Waals surface area contributed by atoms with E-state index in [1.165, 1.54) is 0 Å². The predicted molar refractivity (Wildman–Crippen MR) is 58.7 cm³/mol. The van der Waals surface area contributed by atoms with Crippen molar-refractivity contribution in [3.63, 3.8) is 0 Å². The smallest absolute Gasteiger partial charge is 0.145 e. The van der Waals surface area contributed by atoms with Crippen molar-refractivity contribution in [2.45, 2.75) is 0 Å². The molecule has 0 spiro atoms. The second-order valence-electron chi connectivity index (χ2n) is 1.46. The summed E-state index contributed by atoms with van der Waals surface area (Å²) in [5, 5.41) is 5.68. The van der Waals surface area contributed by atoms with Crippen LogP contribution in [0.15, 0.2) is 0 Å². The van der Waals surface area contributed by atoms with Gasteiger partial charge < -0.3 is 17.9 Å². The van der Waals surface area contributed by atoms with Gasteiger partial charge in [0.1, 0.15) is 20.9 Å². The number of hydrogen-bond donors (Lipinski definition) is 3. The van der Waals surface area contributed by atoms with Crippen LogP contribution in [0, 0.1) is 0 Å². The molecule has 0 unspecified atom stereocenters. The van der Waals surface area contributed by atoms with Crippen molar-refractivity contribution >= 4 is 58.3 Å². The summed E-state index contributed by atoms with van der Waals surface area (Å²) in [4.78, 5) is 0. The van der Waals surface area contributed by atoms with Crippen LogP contribution in [0.4, 0.5) is 0 Å². The fraction of sp³-hybridized carbons (Fsp3) is 0.500. The van der Waals surface area contributed by atoms with Gasteiger partial charge in [-0.15, -0.1) is 12.6 Å². The summed E-state index contributed by atoms with van der Waals surface area (Å²) >= 11 is 17.0. The zero-order valence-corrected chi connectivity index (χ0v) is 12.2. The van der Waals surface area contributed by atoms with E-state index >= 15 is 0 Å². The molecule has 0 saturated carbocycles. The molecule has 0 saturated heterocycles. The Morgan fingerprint density at radius 2 is 1.91 bits per heavy atom. The van der Waals surface area contributed by atoms with Gasteiger partial charge in [0, 0.05) is 32.6 Å². The average molecular weight is 278 g/mol. The summed E-state index contributed by atoms with van der Waals surface area (Å²) in [5.74, 6) is 0. The van der Waals surface area contributed by atoms with Gasteiger partial charge in [-0.05, 0) is 0 Å². The van der Waals surface area contributed by atoms with E-state index in [9.17, 15) is 0 Å². The molecule has 0 atom stereocenters. The van der Waals surface area contributed by atoms with E-state index < -0.39 is 0 Å². The summed E-state index contributed by atoms with van der Waals surface area (Å²) in [7, 11) is 0. The van der Waals surface area contributed by atoms with Crippen LogP contribution in [0.25, 0.3) is 0 Å². The van der Waals surface area contributed by atoms with E-state index in [0.29, 0.717) is 21.7 Å². The molecule has 0 aromatic heterocycles. The fourth-order valence-electron chi connectivity index (χ4n) is 0.339. The first-order valence-corrected chi connectivity index (χ1v) is 4.27. The second-order valence-corrected chi connectivity index (χ2v) is 3.78. The van der Waals surface area contributed by atoms with Gasteiger partial charge in [-0.2, -0.15) is 0 Å². The maximum absolute atomic E-state index is 4.65. The Morgan fingerprint density at radius 1 is 1.45 bits per heavy atom. The maximum atomic E-state index is 4.65. The first kappa shape index (κ1) is 14.8. The Kier molecular flexibility index (Phi) is 12.6. The SMILES string of the molecule is S=C(S)NCCNC([S-])=[SH+].[Zn]. The maximum Gasteiger partial charge on any atom is 0.145 e. The molecule has 0 aliphatic carbocycles. The van der Waals surface area contributed by atoms with Gasteiger partial charge in [0.05, 0.1) is 0 Å². The Balaban J connectivity index is 0. The van der Waals surface area contributed by atoms with Crippen LogP contribution < -0.4 is 10.6 Å². The van der Waals surface area contributed by atoms with E-state index in [-0.39, 0.29) is 19.5 Å². The molecule has 0 rings (SSSR count). The molecule has 2 N–H and O–H groups in total. The van der Waals surface area contributed by atoms with Crippen molar-refractivity contribution < 1.29 is 19.5 Å². The van der Waals surface area contributed by atoms with Crippen LogP contribution in [0.3, 0.4) is 0 Å². The zero-order valence-electron chi connectivity index (χ0n) is 5.83. The van der Waals surface area contributed by atoms with Gasteiger partial charge >= 0.3 is 0 Å². The van der Waals surface area contributed by atoms with Crippen molar-refractivity contribution in [1.82, 2.24) is 10.6 Å². The van der Waals surface area contributed by atoms with E-state index in [1.54, 1.807) is 0 Å². The standard InChI is InChI=1S/C4H8N2S4.Zn/c7-3(8)5-1-2-6-4(9)10;/h1-2H2,(H2,5,7,8)(H2,6,9,10);. The van der Waals surface area contributed by atoms with Crippen LogP contribution in [0.1, 0.15) is 0 Å². The fourth-order valence-corrected chi connectivity index (χ4v) is 0.767. The van der Waals surface area contributed by atoms with Gasteiger partial charge in [0.15, 0.2) is 0 Å². The molecule has 0 amide bonds. The molecule has 2 nitrogen and oxygen atoms in total. The van der Waals surface area contributed by atoms with E-state index in [0.717, 1.165) is 0 Å². The van der Waals surface area contributed by atoms with Crippen molar-refractivity contribution in [2.75, 3.05) is 13.1 Å². The molecule has 60 valence electrons. The van der Waals surface area contributed by atoms with E-state index in [1.807, 2.05) is 0 Å². The van der Waals surface area contributed by atoms with Crippen LogP contribution in [0.2, 0.25) is 0 Å². The van der Waals surface area contributed by atoms with Gasteiger partial charge in [0.2, 0.25) is 0 Å². The van der Waals surface area contributed by atoms with Crippen LogP contribution in [-0.4, -0.2) is 21.7 Å². The quantitative estimate of drug-likeness (QED) is 0.159. The Morgan fingerprint density at radius 3 is 2.27 bits per heavy atom. The molecule has 0 fully saturated rings. The van der Waals surface area contributed by atoms with Crippen molar-refractivity contribution in [3.05, 3.63) is 0 Å². The van der Waals surface area contributed by atoms with E-state index in [4.69, 9.17) is 0 Å². The third kappa shape index (κ3) is 14.2. The van der Waals surface area contributed by atoms with Gasteiger partial charge in [0.25, 0.3) is 0 Å². The third-order valence-corrected chi connectivity index (χ3v) is 1.28. The minimum absolute atomic E-state index is 0.